The molecule has 0 spiro atoms. The van der Waals surface area contributed by atoms with Gasteiger partial charge in [-0.2, -0.15) is 0 Å². The summed E-state index contributed by atoms with van der Waals surface area (Å²) < 4.78 is 0. The van der Waals surface area contributed by atoms with Crippen LogP contribution in [0, 0.1) is 0 Å². The molecule has 3 nitrogen and oxygen atoms in total. The molecule has 5 heteroatoms. The van der Waals surface area contributed by atoms with Gasteiger partial charge in [0, 0.05) is 17.1 Å². The number of rotatable bonds is 4. The molecule has 0 bridgehead atoms. The summed E-state index contributed by atoms with van der Waals surface area (Å²) in [5, 5.41) is 3.63. The Labute approximate surface area is 117 Å². The first-order valence-corrected chi connectivity index (χ1v) is 7.66. The molecule has 98 valence electrons. The van der Waals surface area contributed by atoms with E-state index in [4.69, 9.17) is 11.6 Å². The lowest BCUT2D eigenvalue weighted by Crippen LogP contribution is -2.33. The molecule has 0 unspecified atom stereocenters. The highest BCUT2D eigenvalue weighted by Gasteiger charge is 2.20. The van der Waals surface area contributed by atoms with E-state index in [9.17, 15) is 4.79 Å². The Bertz CT molecular complexity index is 433. The molecule has 0 saturated heterocycles. The van der Waals surface area contributed by atoms with Crippen LogP contribution in [0.5, 0.6) is 0 Å². The highest BCUT2D eigenvalue weighted by atomic mass is 35.5. The van der Waals surface area contributed by atoms with Gasteiger partial charge < -0.3 is 5.32 Å². The second-order valence-corrected chi connectivity index (χ2v) is 6.13. The zero-order chi connectivity index (χ0) is 13.0. The predicted octanol–water partition coefficient (Wildman–Crippen LogP) is 3.52. The number of amides is 1. The van der Waals surface area contributed by atoms with Crippen LogP contribution in [0.25, 0.3) is 0 Å². The van der Waals surface area contributed by atoms with Crippen LogP contribution in [0.15, 0.2) is 17.2 Å². The van der Waals surface area contributed by atoms with Gasteiger partial charge in [0.2, 0.25) is 0 Å². The third-order valence-corrected chi connectivity index (χ3v) is 4.14. The van der Waals surface area contributed by atoms with Crippen LogP contribution in [-0.4, -0.2) is 22.7 Å². The monoisotopic (exact) mass is 284 g/mol. The molecular formula is C13H17ClN2OS. The number of thioether (sulfide) groups is 1. The minimum absolute atomic E-state index is 0.0745. The molecule has 1 aliphatic rings. The largest absolute Gasteiger partial charge is 0.348 e. The van der Waals surface area contributed by atoms with Crippen molar-refractivity contribution in [1.29, 1.82) is 0 Å². The molecule has 1 aromatic rings. The molecule has 1 aromatic heterocycles. The van der Waals surface area contributed by atoms with E-state index >= 15 is 0 Å². The van der Waals surface area contributed by atoms with Crippen LogP contribution in [0.1, 0.15) is 43.1 Å². The maximum Gasteiger partial charge on any atom is 0.271 e. The Morgan fingerprint density at radius 2 is 2.28 bits per heavy atom. The average molecular weight is 285 g/mol. The number of nitrogens with one attached hydrogen (secondary N) is 1. The number of hydrogen-bond acceptors (Lipinski definition) is 3. The molecule has 1 N–H and O–H groups in total. The Morgan fingerprint density at radius 3 is 2.94 bits per heavy atom. The zero-order valence-corrected chi connectivity index (χ0v) is 12.0. The lowest BCUT2D eigenvalue weighted by Gasteiger charge is -2.13. The highest BCUT2D eigenvalue weighted by Crippen LogP contribution is 2.25. The number of halogens is 1. The van der Waals surface area contributed by atoms with Crippen molar-refractivity contribution >= 4 is 29.3 Å². The lowest BCUT2D eigenvalue weighted by atomic mass is 10.2. The molecular weight excluding hydrogens is 268 g/mol. The van der Waals surface area contributed by atoms with Crippen LogP contribution < -0.4 is 5.32 Å². The summed E-state index contributed by atoms with van der Waals surface area (Å²) in [4.78, 5) is 17.2. The van der Waals surface area contributed by atoms with Crippen molar-refractivity contribution in [1.82, 2.24) is 10.3 Å². The van der Waals surface area contributed by atoms with Gasteiger partial charge in [-0.1, -0.05) is 31.4 Å². The van der Waals surface area contributed by atoms with Crippen molar-refractivity contribution in [2.75, 3.05) is 5.75 Å². The van der Waals surface area contributed by atoms with Crippen LogP contribution in [-0.2, 0) is 0 Å². The smallest absolute Gasteiger partial charge is 0.271 e. The number of hydrogen-bond donors (Lipinski definition) is 1. The number of carbonyl (C=O) groups excluding carboxylic acids is 1. The molecule has 1 heterocycles. The van der Waals surface area contributed by atoms with Crippen LogP contribution in [0.3, 0.4) is 0 Å². The standard InChI is InChI=1S/C13H17ClN2OS/c1-2-18-11-7-9(14)8-15-12(11)13(17)16-10-5-3-4-6-10/h7-8,10H,2-6H2,1H3,(H,16,17). The number of pyridine rings is 1. The van der Waals surface area contributed by atoms with Gasteiger partial charge in [-0.25, -0.2) is 4.98 Å². The fourth-order valence-corrected chi connectivity index (χ4v) is 3.21. The first kappa shape index (κ1) is 13.7. The maximum atomic E-state index is 12.2. The van der Waals surface area contributed by atoms with E-state index in [1.165, 1.54) is 19.0 Å². The molecule has 1 aliphatic carbocycles. The molecule has 0 atom stereocenters. The third-order valence-electron chi connectivity index (χ3n) is 3.02. The van der Waals surface area contributed by atoms with Crippen molar-refractivity contribution in [2.45, 2.75) is 43.5 Å². The zero-order valence-electron chi connectivity index (χ0n) is 10.4. The summed E-state index contributed by atoms with van der Waals surface area (Å²) in [6, 6.07) is 2.13. The summed E-state index contributed by atoms with van der Waals surface area (Å²) >= 11 is 7.51. The lowest BCUT2D eigenvalue weighted by molar-refractivity contribution is 0.0929. The van der Waals surface area contributed by atoms with E-state index in [2.05, 4.69) is 10.3 Å². The van der Waals surface area contributed by atoms with E-state index < -0.39 is 0 Å². The van der Waals surface area contributed by atoms with Gasteiger partial charge >= 0.3 is 0 Å². The highest BCUT2D eigenvalue weighted by molar-refractivity contribution is 7.99. The summed E-state index contributed by atoms with van der Waals surface area (Å²) in [5.74, 6) is 0.820. The molecule has 1 saturated carbocycles. The Hall–Kier alpha value is -0.740. The molecule has 0 aromatic carbocycles. The Kier molecular flexibility index (Phi) is 4.89. The van der Waals surface area contributed by atoms with Crippen molar-refractivity contribution in [3.05, 3.63) is 23.0 Å². The van der Waals surface area contributed by atoms with E-state index in [1.54, 1.807) is 11.8 Å². The predicted molar refractivity (Wildman–Crippen MR) is 75.4 cm³/mol. The van der Waals surface area contributed by atoms with Crippen molar-refractivity contribution in [3.63, 3.8) is 0 Å². The third kappa shape index (κ3) is 3.39. The van der Waals surface area contributed by atoms with Crippen LogP contribution in [0.2, 0.25) is 5.02 Å². The van der Waals surface area contributed by atoms with Gasteiger partial charge in [-0.3, -0.25) is 4.79 Å². The van der Waals surface area contributed by atoms with Gasteiger partial charge in [-0.05, 0) is 24.7 Å². The molecule has 1 fully saturated rings. The topological polar surface area (TPSA) is 42.0 Å². The first-order chi connectivity index (χ1) is 8.70. The van der Waals surface area contributed by atoms with Gasteiger partial charge in [-0.15, -0.1) is 11.8 Å². The normalized spacial score (nSPS) is 15.9. The summed E-state index contributed by atoms with van der Waals surface area (Å²) in [5.41, 5.74) is 0.498. The number of nitrogens with zero attached hydrogens (tertiary/aromatic N) is 1. The molecule has 1 amide bonds. The fourth-order valence-electron chi connectivity index (χ4n) is 2.18. The minimum atomic E-state index is -0.0745. The second kappa shape index (κ2) is 6.43. The van der Waals surface area contributed by atoms with E-state index in [1.807, 2.05) is 13.0 Å². The SMILES string of the molecule is CCSc1cc(Cl)cnc1C(=O)NC1CCCC1. The van der Waals surface area contributed by atoms with Gasteiger partial charge in [0.1, 0.15) is 5.69 Å². The van der Waals surface area contributed by atoms with Crippen molar-refractivity contribution in [3.8, 4) is 0 Å². The number of aromatic nitrogens is 1. The molecule has 2 rings (SSSR count). The summed E-state index contributed by atoms with van der Waals surface area (Å²) in [6.07, 6.45) is 6.10. The van der Waals surface area contributed by atoms with Gasteiger partial charge in [0.15, 0.2) is 0 Å². The summed E-state index contributed by atoms with van der Waals surface area (Å²) in [7, 11) is 0. The fraction of sp³-hybridized carbons (Fsp3) is 0.538. The minimum Gasteiger partial charge on any atom is -0.348 e. The van der Waals surface area contributed by atoms with E-state index in [-0.39, 0.29) is 5.91 Å². The number of carbonyl (C=O) groups is 1. The Balaban J connectivity index is 2.12. The van der Waals surface area contributed by atoms with Crippen LogP contribution in [0.4, 0.5) is 0 Å². The quantitative estimate of drug-likeness (QED) is 0.860. The molecule has 18 heavy (non-hydrogen) atoms. The maximum absolute atomic E-state index is 12.2. The second-order valence-electron chi connectivity index (χ2n) is 4.39. The average Bonchev–Trinajstić information content (AvgIpc) is 2.82. The molecule has 0 radical (unpaired) electrons. The first-order valence-electron chi connectivity index (χ1n) is 6.30. The van der Waals surface area contributed by atoms with E-state index in [0.717, 1.165) is 23.5 Å². The van der Waals surface area contributed by atoms with Gasteiger partial charge in [0.25, 0.3) is 5.91 Å². The molecule has 0 aliphatic heterocycles. The summed E-state index contributed by atoms with van der Waals surface area (Å²) in [6.45, 7) is 2.05. The van der Waals surface area contributed by atoms with Crippen molar-refractivity contribution < 1.29 is 4.79 Å². The van der Waals surface area contributed by atoms with Crippen LogP contribution >= 0.6 is 23.4 Å². The van der Waals surface area contributed by atoms with Crippen molar-refractivity contribution in [2.24, 2.45) is 0 Å². The van der Waals surface area contributed by atoms with E-state index in [0.29, 0.717) is 16.8 Å². The Morgan fingerprint density at radius 1 is 1.56 bits per heavy atom. The van der Waals surface area contributed by atoms with Gasteiger partial charge in [0.05, 0.1) is 5.02 Å².